The molecule has 0 atom stereocenters. The number of benzene rings is 1. The highest BCUT2D eigenvalue weighted by Gasteiger charge is 2.23. The SMILES string of the molecule is CCCCN(C(=O)Cl)C(=O)c1cc(OC)ccc1Cl. The van der Waals surface area contributed by atoms with Crippen LogP contribution in [0.1, 0.15) is 30.1 Å². The summed E-state index contributed by atoms with van der Waals surface area (Å²) < 4.78 is 5.03. The van der Waals surface area contributed by atoms with Gasteiger partial charge in [0.1, 0.15) is 5.75 Å². The van der Waals surface area contributed by atoms with Crippen LogP contribution in [-0.4, -0.2) is 29.8 Å². The Balaban J connectivity index is 3.05. The maximum atomic E-state index is 12.3. The predicted molar refractivity (Wildman–Crippen MR) is 75.2 cm³/mol. The number of nitrogens with zero attached hydrogens (tertiary/aromatic N) is 1. The molecule has 0 unspecified atom stereocenters. The van der Waals surface area contributed by atoms with Crippen molar-refractivity contribution in [3.63, 3.8) is 0 Å². The summed E-state index contributed by atoms with van der Waals surface area (Å²) in [6.45, 7) is 2.23. The zero-order valence-corrected chi connectivity index (χ0v) is 12.3. The van der Waals surface area contributed by atoms with Gasteiger partial charge in [-0.2, -0.15) is 0 Å². The van der Waals surface area contributed by atoms with E-state index in [1.807, 2.05) is 6.92 Å². The number of rotatable bonds is 5. The number of hydrogen-bond donors (Lipinski definition) is 0. The number of unbranched alkanes of at least 4 members (excludes halogenated alkanes) is 1. The smallest absolute Gasteiger partial charge is 0.323 e. The van der Waals surface area contributed by atoms with E-state index in [2.05, 4.69) is 0 Å². The van der Waals surface area contributed by atoms with E-state index in [4.69, 9.17) is 27.9 Å². The zero-order valence-electron chi connectivity index (χ0n) is 10.8. The summed E-state index contributed by atoms with van der Waals surface area (Å²) in [5, 5.41) is -0.553. The van der Waals surface area contributed by atoms with Gasteiger partial charge in [-0.25, -0.2) is 0 Å². The van der Waals surface area contributed by atoms with Gasteiger partial charge in [0.25, 0.3) is 5.91 Å². The van der Waals surface area contributed by atoms with Crippen molar-refractivity contribution in [2.45, 2.75) is 19.8 Å². The van der Waals surface area contributed by atoms with E-state index < -0.39 is 11.3 Å². The summed E-state index contributed by atoms with van der Waals surface area (Å²) in [6, 6.07) is 4.67. The molecule has 0 aromatic heterocycles. The molecular formula is C13H15Cl2NO3. The van der Waals surface area contributed by atoms with Crippen molar-refractivity contribution >= 4 is 34.5 Å². The van der Waals surface area contributed by atoms with E-state index >= 15 is 0 Å². The van der Waals surface area contributed by atoms with E-state index in [0.717, 1.165) is 11.3 Å². The highest BCUT2D eigenvalue weighted by Crippen LogP contribution is 2.24. The number of methoxy groups -OCH3 is 1. The van der Waals surface area contributed by atoms with Gasteiger partial charge < -0.3 is 4.74 Å². The summed E-state index contributed by atoms with van der Waals surface area (Å²) in [7, 11) is 1.49. The Morgan fingerprint density at radius 2 is 2.05 bits per heavy atom. The van der Waals surface area contributed by atoms with Gasteiger partial charge in [-0.15, -0.1) is 0 Å². The highest BCUT2D eigenvalue weighted by molar-refractivity contribution is 6.64. The van der Waals surface area contributed by atoms with Gasteiger partial charge >= 0.3 is 5.37 Å². The Morgan fingerprint density at radius 3 is 2.58 bits per heavy atom. The average molecular weight is 304 g/mol. The molecule has 0 aliphatic heterocycles. The van der Waals surface area contributed by atoms with Crippen LogP contribution in [0.25, 0.3) is 0 Å². The second kappa shape index (κ2) is 7.36. The first-order valence-electron chi connectivity index (χ1n) is 5.86. The van der Waals surface area contributed by atoms with Crippen LogP contribution >= 0.6 is 23.2 Å². The summed E-state index contributed by atoms with van der Waals surface area (Å²) in [6.07, 6.45) is 1.53. The maximum absolute atomic E-state index is 12.3. The lowest BCUT2D eigenvalue weighted by atomic mass is 10.2. The minimum Gasteiger partial charge on any atom is -0.497 e. The Morgan fingerprint density at radius 1 is 1.37 bits per heavy atom. The molecule has 0 fully saturated rings. The van der Waals surface area contributed by atoms with Crippen LogP contribution in [0.5, 0.6) is 5.75 Å². The topological polar surface area (TPSA) is 46.6 Å². The minimum absolute atomic E-state index is 0.200. The third kappa shape index (κ3) is 4.11. The summed E-state index contributed by atoms with van der Waals surface area (Å²) in [4.78, 5) is 24.6. The normalized spacial score (nSPS) is 10.1. The van der Waals surface area contributed by atoms with E-state index in [-0.39, 0.29) is 17.1 Å². The predicted octanol–water partition coefficient (Wildman–Crippen LogP) is 3.95. The van der Waals surface area contributed by atoms with Crippen molar-refractivity contribution in [2.75, 3.05) is 13.7 Å². The second-order valence-electron chi connectivity index (χ2n) is 3.91. The number of imide groups is 1. The van der Waals surface area contributed by atoms with Crippen molar-refractivity contribution in [3.8, 4) is 5.75 Å². The van der Waals surface area contributed by atoms with Crippen LogP contribution in [0.15, 0.2) is 18.2 Å². The average Bonchev–Trinajstić information content (AvgIpc) is 2.39. The molecule has 0 radical (unpaired) electrons. The minimum atomic E-state index is -0.808. The molecule has 0 saturated heterocycles. The van der Waals surface area contributed by atoms with Gasteiger partial charge in [0.2, 0.25) is 0 Å². The molecule has 2 amide bonds. The molecule has 0 spiro atoms. The molecule has 1 aromatic carbocycles. The molecule has 19 heavy (non-hydrogen) atoms. The van der Waals surface area contributed by atoms with Crippen LogP contribution < -0.4 is 4.74 Å². The molecule has 0 heterocycles. The highest BCUT2D eigenvalue weighted by atomic mass is 35.5. The van der Waals surface area contributed by atoms with Crippen LogP contribution in [-0.2, 0) is 0 Å². The van der Waals surface area contributed by atoms with Gasteiger partial charge in [-0.1, -0.05) is 24.9 Å². The first kappa shape index (κ1) is 15.8. The van der Waals surface area contributed by atoms with Crippen molar-refractivity contribution in [1.82, 2.24) is 4.90 Å². The number of carbonyl (C=O) groups excluding carboxylic acids is 2. The molecule has 0 aliphatic carbocycles. The molecule has 6 heteroatoms. The van der Waals surface area contributed by atoms with Crippen LogP contribution in [0, 0.1) is 0 Å². The third-order valence-corrected chi connectivity index (χ3v) is 3.13. The van der Waals surface area contributed by atoms with E-state index in [1.54, 1.807) is 12.1 Å². The Bertz CT molecular complexity index is 477. The molecule has 1 rings (SSSR count). The summed E-state index contributed by atoms with van der Waals surface area (Å²) in [5.41, 5.74) is 0.200. The van der Waals surface area contributed by atoms with E-state index in [9.17, 15) is 9.59 Å². The standard InChI is InChI=1S/C13H15Cl2NO3/c1-3-4-7-16(13(15)18)12(17)10-8-9(19-2)5-6-11(10)14/h5-6,8H,3-4,7H2,1-2H3. The molecule has 0 saturated carbocycles. The summed E-state index contributed by atoms with van der Waals surface area (Å²) >= 11 is 11.4. The zero-order chi connectivity index (χ0) is 14.4. The van der Waals surface area contributed by atoms with Crippen LogP contribution in [0.3, 0.4) is 0 Å². The Kier molecular flexibility index (Phi) is 6.12. The molecule has 1 aromatic rings. The molecule has 4 nitrogen and oxygen atoms in total. The Hall–Kier alpha value is -1.26. The lowest BCUT2D eigenvalue weighted by molar-refractivity contribution is 0.0818. The molecule has 0 N–H and O–H groups in total. The van der Waals surface area contributed by atoms with Gasteiger partial charge in [0.15, 0.2) is 0 Å². The maximum Gasteiger partial charge on any atom is 0.323 e. The largest absolute Gasteiger partial charge is 0.497 e. The van der Waals surface area contributed by atoms with Crippen molar-refractivity contribution in [2.24, 2.45) is 0 Å². The lowest BCUT2D eigenvalue weighted by Crippen LogP contribution is -2.34. The van der Waals surface area contributed by atoms with Gasteiger partial charge in [0, 0.05) is 6.54 Å². The molecule has 104 valence electrons. The first-order chi connectivity index (χ1) is 9.01. The lowest BCUT2D eigenvalue weighted by Gasteiger charge is -2.18. The van der Waals surface area contributed by atoms with Crippen LogP contribution in [0.4, 0.5) is 4.79 Å². The fraction of sp³-hybridized carbons (Fsp3) is 0.385. The molecule has 0 aliphatic rings. The first-order valence-corrected chi connectivity index (χ1v) is 6.61. The number of ether oxygens (including phenoxy) is 1. The summed E-state index contributed by atoms with van der Waals surface area (Å²) in [5.74, 6) is -0.0254. The second-order valence-corrected chi connectivity index (χ2v) is 4.64. The van der Waals surface area contributed by atoms with Crippen molar-refractivity contribution < 1.29 is 14.3 Å². The van der Waals surface area contributed by atoms with Crippen LogP contribution in [0.2, 0.25) is 5.02 Å². The monoisotopic (exact) mass is 303 g/mol. The van der Waals surface area contributed by atoms with E-state index in [1.165, 1.54) is 13.2 Å². The third-order valence-electron chi connectivity index (χ3n) is 2.60. The molecular weight excluding hydrogens is 289 g/mol. The number of halogens is 2. The number of hydrogen-bond acceptors (Lipinski definition) is 3. The number of carbonyl (C=O) groups is 2. The fourth-order valence-corrected chi connectivity index (χ4v) is 1.89. The van der Waals surface area contributed by atoms with Gasteiger partial charge in [-0.3, -0.25) is 14.5 Å². The van der Waals surface area contributed by atoms with Crippen molar-refractivity contribution in [3.05, 3.63) is 28.8 Å². The fourth-order valence-electron chi connectivity index (χ4n) is 1.53. The number of amides is 2. The van der Waals surface area contributed by atoms with Gasteiger partial charge in [0.05, 0.1) is 17.7 Å². The quantitative estimate of drug-likeness (QED) is 0.611. The van der Waals surface area contributed by atoms with Crippen molar-refractivity contribution in [1.29, 1.82) is 0 Å². The molecule has 0 bridgehead atoms. The van der Waals surface area contributed by atoms with E-state index in [0.29, 0.717) is 12.2 Å². The Labute approximate surface area is 122 Å². The van der Waals surface area contributed by atoms with Gasteiger partial charge in [-0.05, 0) is 36.2 Å².